The maximum Gasteiger partial charge on any atom is 0.313 e. The van der Waals surface area contributed by atoms with Crippen LogP contribution in [0.15, 0.2) is 10.5 Å². The van der Waals surface area contributed by atoms with Gasteiger partial charge in [0.25, 0.3) is 0 Å². The molecule has 0 bridgehead atoms. The lowest BCUT2D eigenvalue weighted by Gasteiger charge is -2.10. The van der Waals surface area contributed by atoms with Crippen molar-refractivity contribution in [2.75, 3.05) is 19.0 Å². The molecule has 19 heavy (non-hydrogen) atoms. The second-order valence-corrected chi connectivity index (χ2v) is 4.65. The molecule has 0 unspecified atom stereocenters. The zero-order valence-electron chi connectivity index (χ0n) is 10.7. The molecule has 6 nitrogen and oxygen atoms in total. The van der Waals surface area contributed by atoms with Gasteiger partial charge in [0.1, 0.15) is 12.2 Å². The Morgan fingerprint density at radius 2 is 2.21 bits per heavy atom. The Hall–Kier alpha value is -1.63. The number of hydrogen-bond donors (Lipinski definition) is 2. The molecule has 0 aliphatic heterocycles. The van der Waals surface area contributed by atoms with E-state index in [0.717, 1.165) is 6.42 Å². The molecule has 1 aromatic heterocycles. The lowest BCUT2D eigenvalue weighted by atomic mass is 10.1. The zero-order chi connectivity index (χ0) is 14.4. The highest BCUT2D eigenvalue weighted by molar-refractivity contribution is 9.10. The van der Waals surface area contributed by atoms with Crippen LogP contribution in [0, 0.1) is 0 Å². The van der Waals surface area contributed by atoms with Crippen molar-refractivity contribution >= 4 is 33.5 Å². The number of methoxy groups -OCH3 is 1. The second-order valence-electron chi connectivity index (χ2n) is 3.79. The standard InChI is InChI=1S/C12H15BrN2O4/c1-3-4-14-11-7(5-8(13)12(18)15-11)9(16)6-10(17)19-2/h5H,3-4,6H2,1-2H3,(H2,14,15,18). The number of aromatic hydroxyl groups is 1. The molecular weight excluding hydrogens is 316 g/mol. The van der Waals surface area contributed by atoms with Crippen LogP contribution < -0.4 is 5.32 Å². The van der Waals surface area contributed by atoms with E-state index in [1.165, 1.54) is 13.2 Å². The lowest BCUT2D eigenvalue weighted by Crippen LogP contribution is -2.14. The van der Waals surface area contributed by atoms with Crippen LogP contribution >= 0.6 is 15.9 Å². The Kier molecular flexibility index (Phi) is 5.75. The van der Waals surface area contributed by atoms with Crippen molar-refractivity contribution in [1.82, 2.24) is 4.98 Å². The van der Waals surface area contributed by atoms with Gasteiger partial charge in [-0.05, 0) is 28.4 Å². The van der Waals surface area contributed by atoms with Gasteiger partial charge in [-0.2, -0.15) is 4.98 Å². The molecule has 0 saturated carbocycles. The number of aromatic nitrogens is 1. The number of halogens is 1. The SMILES string of the molecule is CCCNc1nc(O)c(Br)cc1C(=O)CC(=O)OC. The quantitative estimate of drug-likeness (QED) is 0.472. The number of nitrogens with zero attached hydrogens (tertiary/aromatic N) is 1. The number of Topliss-reactive ketones (excluding diaryl/α,β-unsaturated/α-hetero) is 1. The topological polar surface area (TPSA) is 88.5 Å². The zero-order valence-corrected chi connectivity index (χ0v) is 12.3. The van der Waals surface area contributed by atoms with Crippen LogP contribution in [-0.4, -0.2) is 35.5 Å². The Labute approximate surface area is 119 Å². The number of esters is 1. The van der Waals surface area contributed by atoms with Gasteiger partial charge in [0.05, 0.1) is 17.1 Å². The number of carbonyl (C=O) groups is 2. The van der Waals surface area contributed by atoms with Crippen molar-refractivity contribution in [3.8, 4) is 5.88 Å². The summed E-state index contributed by atoms with van der Waals surface area (Å²) >= 11 is 3.09. The lowest BCUT2D eigenvalue weighted by molar-refractivity contribution is -0.139. The first-order chi connectivity index (χ1) is 8.99. The van der Waals surface area contributed by atoms with Crippen LogP contribution in [0.2, 0.25) is 0 Å². The van der Waals surface area contributed by atoms with Crippen molar-refractivity contribution < 1.29 is 19.4 Å². The third-order valence-corrected chi connectivity index (χ3v) is 2.92. The first-order valence-electron chi connectivity index (χ1n) is 5.73. The van der Waals surface area contributed by atoms with E-state index in [2.05, 4.69) is 31.0 Å². The van der Waals surface area contributed by atoms with Crippen LogP contribution in [0.5, 0.6) is 5.88 Å². The molecule has 0 aliphatic carbocycles. The number of anilines is 1. The fourth-order valence-electron chi connectivity index (χ4n) is 1.37. The largest absolute Gasteiger partial charge is 0.492 e. The maximum absolute atomic E-state index is 12.0. The Morgan fingerprint density at radius 1 is 1.53 bits per heavy atom. The Morgan fingerprint density at radius 3 is 2.79 bits per heavy atom. The van der Waals surface area contributed by atoms with Crippen LogP contribution in [0.4, 0.5) is 5.82 Å². The first kappa shape index (κ1) is 15.4. The summed E-state index contributed by atoms with van der Waals surface area (Å²) in [6.45, 7) is 2.56. The van der Waals surface area contributed by atoms with Crippen molar-refractivity contribution in [2.24, 2.45) is 0 Å². The van der Waals surface area contributed by atoms with Gasteiger partial charge in [-0.3, -0.25) is 9.59 Å². The molecule has 1 rings (SSSR count). The number of ether oxygens (including phenoxy) is 1. The van der Waals surface area contributed by atoms with Gasteiger partial charge in [0.15, 0.2) is 5.78 Å². The van der Waals surface area contributed by atoms with Crippen LogP contribution in [-0.2, 0) is 9.53 Å². The fourth-order valence-corrected chi connectivity index (χ4v) is 1.69. The monoisotopic (exact) mass is 330 g/mol. The number of hydrogen-bond acceptors (Lipinski definition) is 6. The number of nitrogens with one attached hydrogen (secondary N) is 1. The predicted octanol–water partition coefficient (Wildman–Crippen LogP) is 2.12. The number of rotatable bonds is 6. The highest BCUT2D eigenvalue weighted by atomic mass is 79.9. The maximum atomic E-state index is 12.0. The van der Waals surface area contributed by atoms with Crippen molar-refractivity contribution in [3.63, 3.8) is 0 Å². The minimum Gasteiger partial charge on any atom is -0.492 e. The normalized spacial score (nSPS) is 10.1. The summed E-state index contributed by atoms with van der Waals surface area (Å²) < 4.78 is 4.75. The number of ketones is 1. The van der Waals surface area contributed by atoms with E-state index in [9.17, 15) is 14.7 Å². The summed E-state index contributed by atoms with van der Waals surface area (Å²) in [6, 6.07) is 1.44. The minimum absolute atomic E-state index is 0.215. The molecule has 1 aromatic rings. The highest BCUT2D eigenvalue weighted by Crippen LogP contribution is 2.27. The molecule has 1 heterocycles. The minimum atomic E-state index is -0.615. The van der Waals surface area contributed by atoms with Gasteiger partial charge in [0.2, 0.25) is 5.88 Å². The van der Waals surface area contributed by atoms with E-state index in [1.54, 1.807) is 0 Å². The predicted molar refractivity (Wildman–Crippen MR) is 73.3 cm³/mol. The summed E-state index contributed by atoms with van der Waals surface area (Å²) in [5.74, 6) is -0.987. The summed E-state index contributed by atoms with van der Waals surface area (Å²) in [6.07, 6.45) is 0.472. The van der Waals surface area contributed by atoms with E-state index >= 15 is 0 Å². The molecule has 0 aromatic carbocycles. The Balaban J connectivity index is 3.05. The smallest absolute Gasteiger partial charge is 0.313 e. The molecule has 2 N–H and O–H groups in total. The van der Waals surface area contributed by atoms with Gasteiger partial charge in [-0.25, -0.2) is 0 Å². The molecule has 0 amide bonds. The van der Waals surface area contributed by atoms with E-state index in [4.69, 9.17) is 0 Å². The molecule has 0 spiro atoms. The van der Waals surface area contributed by atoms with E-state index in [1.807, 2.05) is 6.92 Å². The summed E-state index contributed by atoms with van der Waals surface area (Å²) in [5.41, 5.74) is 0.239. The molecule has 104 valence electrons. The van der Waals surface area contributed by atoms with Crippen molar-refractivity contribution in [3.05, 3.63) is 16.1 Å². The molecule has 0 aliphatic rings. The molecular formula is C12H15BrN2O4. The van der Waals surface area contributed by atoms with E-state index in [-0.39, 0.29) is 23.7 Å². The third-order valence-electron chi connectivity index (χ3n) is 2.33. The van der Waals surface area contributed by atoms with Gasteiger partial charge in [0, 0.05) is 6.54 Å². The van der Waals surface area contributed by atoms with Crippen LogP contribution in [0.25, 0.3) is 0 Å². The summed E-state index contributed by atoms with van der Waals surface area (Å²) in [5, 5.41) is 12.5. The number of pyridine rings is 1. The molecule has 0 saturated heterocycles. The second kappa shape index (κ2) is 7.08. The molecule has 0 radical (unpaired) electrons. The van der Waals surface area contributed by atoms with Crippen LogP contribution in [0.1, 0.15) is 30.1 Å². The Bertz CT molecular complexity index is 491. The van der Waals surface area contributed by atoms with Gasteiger partial charge in [-0.1, -0.05) is 6.92 Å². The van der Waals surface area contributed by atoms with Crippen molar-refractivity contribution in [2.45, 2.75) is 19.8 Å². The highest BCUT2D eigenvalue weighted by Gasteiger charge is 2.19. The van der Waals surface area contributed by atoms with Gasteiger partial charge in [-0.15, -0.1) is 0 Å². The summed E-state index contributed by atoms with van der Waals surface area (Å²) in [7, 11) is 1.22. The molecule has 0 atom stereocenters. The van der Waals surface area contributed by atoms with Crippen LogP contribution in [0.3, 0.4) is 0 Å². The summed E-state index contributed by atoms with van der Waals surface area (Å²) in [4.78, 5) is 27.0. The third kappa shape index (κ3) is 4.20. The van der Waals surface area contributed by atoms with Gasteiger partial charge >= 0.3 is 5.97 Å². The van der Waals surface area contributed by atoms with Crippen molar-refractivity contribution in [1.29, 1.82) is 0 Å². The molecule has 0 fully saturated rings. The van der Waals surface area contributed by atoms with Gasteiger partial charge < -0.3 is 15.2 Å². The fraction of sp³-hybridized carbons (Fsp3) is 0.417. The number of carbonyl (C=O) groups excluding carboxylic acids is 2. The van der Waals surface area contributed by atoms with E-state index in [0.29, 0.717) is 11.0 Å². The first-order valence-corrected chi connectivity index (χ1v) is 6.52. The molecule has 7 heteroatoms. The van der Waals surface area contributed by atoms with E-state index < -0.39 is 11.8 Å². The average Bonchev–Trinajstić information content (AvgIpc) is 2.39. The average molecular weight is 331 g/mol.